The highest BCUT2D eigenvalue weighted by Gasteiger charge is 2.23. The van der Waals surface area contributed by atoms with Crippen molar-refractivity contribution < 1.29 is 0 Å². The summed E-state index contributed by atoms with van der Waals surface area (Å²) in [5.41, 5.74) is 11.7. The predicted octanol–water partition coefficient (Wildman–Crippen LogP) is 3.92. The third kappa shape index (κ3) is 4.10. The normalized spacial score (nSPS) is 12.5. The molecule has 1 unspecified atom stereocenters. The maximum absolute atomic E-state index is 13.7. The van der Waals surface area contributed by atoms with Crippen LogP contribution >= 0.6 is 22.9 Å². The van der Waals surface area contributed by atoms with Crippen LogP contribution in [-0.2, 0) is 14.1 Å². The molecule has 0 saturated heterocycles. The first kappa shape index (κ1) is 24.9. The Morgan fingerprint density at radius 3 is 2.62 bits per heavy atom. The van der Waals surface area contributed by atoms with Gasteiger partial charge >= 0.3 is 0 Å². The summed E-state index contributed by atoms with van der Waals surface area (Å²) in [6, 6.07) is 7.24. The van der Waals surface area contributed by atoms with Crippen molar-refractivity contribution in [3.05, 3.63) is 62.9 Å². The fourth-order valence-electron chi connectivity index (χ4n) is 4.88. The molecule has 0 spiro atoms. The fourth-order valence-corrected chi connectivity index (χ4v) is 5.85. The number of aromatic nitrogens is 9. The topological polar surface area (TPSA) is 147 Å². The molecule has 1 atom stereocenters. The van der Waals surface area contributed by atoms with E-state index in [1.54, 1.807) is 31.1 Å². The van der Waals surface area contributed by atoms with Gasteiger partial charge in [-0.1, -0.05) is 29.0 Å². The van der Waals surface area contributed by atoms with Crippen molar-refractivity contribution in [2.75, 3.05) is 11.1 Å². The number of fused-ring (bicyclic) bond motifs is 3. The number of pyridine rings is 1. The summed E-state index contributed by atoms with van der Waals surface area (Å²) in [5.74, 6) is 0.346. The average molecular weight is 562 g/mol. The second-order valence-electron chi connectivity index (χ2n) is 9.37. The number of thiazole rings is 1. The quantitative estimate of drug-likeness (QED) is 0.299. The minimum atomic E-state index is -0.257. The van der Waals surface area contributed by atoms with Crippen LogP contribution in [0.5, 0.6) is 0 Å². The minimum Gasteiger partial charge on any atom is -0.377 e. The number of rotatable bonds is 5. The van der Waals surface area contributed by atoms with Gasteiger partial charge in [0.1, 0.15) is 28.5 Å². The summed E-state index contributed by atoms with van der Waals surface area (Å²) in [5, 5.41) is 17.2. The maximum atomic E-state index is 13.7. The van der Waals surface area contributed by atoms with Gasteiger partial charge in [0.15, 0.2) is 5.13 Å². The lowest BCUT2D eigenvalue weighted by atomic mass is 10.0. The molecule has 14 heteroatoms. The standard InChI is InChI=1S/C25H24ClN11OS/c1-11-8-14(12(2)29-16-6-7-17(26)31-18(16)22-32-34-36(5)33-22)20-15(9-11)24(38)35(4)23-19(28-10-37(20)23)21-13(3)30-25(27)39-21/h6-10,12,29H,1-5H3,(H2,27,30). The van der Waals surface area contributed by atoms with Gasteiger partial charge in [-0.25, -0.2) is 15.0 Å². The zero-order chi connectivity index (χ0) is 27.6. The molecule has 0 radical (unpaired) electrons. The van der Waals surface area contributed by atoms with Crippen molar-refractivity contribution in [3.63, 3.8) is 0 Å². The van der Waals surface area contributed by atoms with Crippen LogP contribution in [0, 0.1) is 13.8 Å². The highest BCUT2D eigenvalue weighted by Crippen LogP contribution is 2.36. The second kappa shape index (κ2) is 9.13. The molecular formula is C25H24ClN11OS. The number of nitrogen functional groups attached to an aromatic ring is 1. The summed E-state index contributed by atoms with van der Waals surface area (Å²) in [4.78, 5) is 29.4. The summed E-state index contributed by atoms with van der Waals surface area (Å²) in [7, 11) is 3.44. The molecule has 0 saturated carbocycles. The molecule has 1 aromatic carbocycles. The number of hydrogen-bond acceptors (Lipinski definition) is 10. The molecule has 5 heterocycles. The van der Waals surface area contributed by atoms with E-state index in [2.05, 4.69) is 36.8 Å². The number of aryl methyl sites for hydroxylation is 4. The Morgan fingerprint density at radius 2 is 1.92 bits per heavy atom. The molecular weight excluding hydrogens is 538 g/mol. The van der Waals surface area contributed by atoms with Crippen molar-refractivity contribution in [2.24, 2.45) is 14.1 Å². The first-order valence-electron chi connectivity index (χ1n) is 12.0. The van der Waals surface area contributed by atoms with Gasteiger partial charge in [0, 0.05) is 7.05 Å². The van der Waals surface area contributed by atoms with Crippen LogP contribution in [0.3, 0.4) is 0 Å². The molecule has 0 aliphatic carbocycles. The van der Waals surface area contributed by atoms with Crippen LogP contribution in [0.1, 0.15) is 29.8 Å². The monoisotopic (exact) mass is 561 g/mol. The number of halogens is 1. The number of nitrogens with zero attached hydrogens (tertiary/aromatic N) is 9. The van der Waals surface area contributed by atoms with E-state index in [1.165, 1.54) is 16.1 Å². The Kier molecular flexibility index (Phi) is 5.84. The number of nitrogens with one attached hydrogen (secondary N) is 1. The van der Waals surface area contributed by atoms with Crippen LogP contribution in [0.2, 0.25) is 5.15 Å². The van der Waals surface area contributed by atoms with Crippen LogP contribution in [0.25, 0.3) is 38.6 Å². The second-order valence-corrected chi connectivity index (χ2v) is 10.8. The molecule has 39 heavy (non-hydrogen) atoms. The van der Waals surface area contributed by atoms with E-state index in [1.807, 2.05) is 37.3 Å². The van der Waals surface area contributed by atoms with Crippen LogP contribution in [-0.4, -0.2) is 44.1 Å². The lowest BCUT2D eigenvalue weighted by molar-refractivity contribution is 0.630. The molecule has 6 rings (SSSR count). The van der Waals surface area contributed by atoms with Crippen molar-refractivity contribution in [3.8, 4) is 22.1 Å². The number of imidazole rings is 1. The van der Waals surface area contributed by atoms with Crippen molar-refractivity contribution in [1.29, 1.82) is 0 Å². The van der Waals surface area contributed by atoms with E-state index < -0.39 is 0 Å². The molecule has 0 aliphatic heterocycles. The smallest absolute Gasteiger partial charge is 0.261 e. The summed E-state index contributed by atoms with van der Waals surface area (Å²) in [6.07, 6.45) is 1.74. The van der Waals surface area contributed by atoms with E-state index in [0.717, 1.165) is 27.2 Å². The Balaban J connectivity index is 1.55. The number of tetrazole rings is 1. The van der Waals surface area contributed by atoms with E-state index in [0.29, 0.717) is 44.2 Å². The molecule has 0 amide bonds. The lowest BCUT2D eigenvalue weighted by Gasteiger charge is -2.21. The van der Waals surface area contributed by atoms with Gasteiger partial charge < -0.3 is 11.1 Å². The Labute approximate surface area is 231 Å². The lowest BCUT2D eigenvalue weighted by Crippen LogP contribution is -2.21. The largest absolute Gasteiger partial charge is 0.377 e. The first-order valence-corrected chi connectivity index (χ1v) is 13.2. The van der Waals surface area contributed by atoms with Gasteiger partial charge in [0.25, 0.3) is 5.56 Å². The Morgan fingerprint density at radius 1 is 1.13 bits per heavy atom. The SMILES string of the molecule is Cc1cc(C(C)Nc2ccc(Cl)nc2-c2nnn(C)n2)c2c(c1)c(=O)n(C)c1c(-c3sc(N)nc3C)ncn21. The summed E-state index contributed by atoms with van der Waals surface area (Å²) >= 11 is 7.56. The molecule has 198 valence electrons. The van der Waals surface area contributed by atoms with Gasteiger partial charge in [-0.05, 0) is 55.3 Å². The number of nitrogens with two attached hydrogens (primary N) is 1. The third-order valence-corrected chi connectivity index (χ3v) is 7.77. The average Bonchev–Trinajstić information content (AvgIpc) is 3.61. The highest BCUT2D eigenvalue weighted by atomic mass is 35.5. The molecule has 0 aliphatic rings. The number of benzene rings is 1. The van der Waals surface area contributed by atoms with E-state index in [4.69, 9.17) is 22.3 Å². The Bertz CT molecular complexity index is 1970. The van der Waals surface area contributed by atoms with E-state index in [-0.39, 0.29) is 11.6 Å². The van der Waals surface area contributed by atoms with Crippen LogP contribution < -0.4 is 16.6 Å². The maximum Gasteiger partial charge on any atom is 0.261 e. The fraction of sp³-hybridized carbons (Fsp3) is 0.240. The number of hydrogen-bond donors (Lipinski definition) is 2. The summed E-state index contributed by atoms with van der Waals surface area (Å²) in [6.45, 7) is 5.88. The summed E-state index contributed by atoms with van der Waals surface area (Å²) < 4.78 is 3.59. The Hall–Kier alpha value is -4.36. The third-order valence-electron chi connectivity index (χ3n) is 6.57. The molecule has 12 nitrogen and oxygen atoms in total. The van der Waals surface area contributed by atoms with Crippen molar-refractivity contribution >= 4 is 50.3 Å². The molecule has 6 aromatic rings. The molecule has 5 aromatic heterocycles. The minimum absolute atomic E-state index is 0.121. The zero-order valence-corrected chi connectivity index (χ0v) is 23.3. The molecule has 0 bridgehead atoms. The molecule has 3 N–H and O–H groups in total. The van der Waals surface area contributed by atoms with E-state index in [9.17, 15) is 4.79 Å². The predicted molar refractivity (Wildman–Crippen MR) is 152 cm³/mol. The number of anilines is 2. The van der Waals surface area contributed by atoms with E-state index >= 15 is 0 Å². The van der Waals surface area contributed by atoms with Gasteiger partial charge in [-0.2, -0.15) is 4.80 Å². The first-order chi connectivity index (χ1) is 18.6. The van der Waals surface area contributed by atoms with Gasteiger partial charge in [-0.3, -0.25) is 13.8 Å². The van der Waals surface area contributed by atoms with Gasteiger partial charge in [-0.15, -0.1) is 10.2 Å². The van der Waals surface area contributed by atoms with Crippen LogP contribution in [0.15, 0.2) is 35.4 Å². The van der Waals surface area contributed by atoms with Crippen molar-refractivity contribution in [1.82, 2.24) is 44.1 Å². The van der Waals surface area contributed by atoms with Crippen LogP contribution in [0.4, 0.5) is 10.8 Å². The van der Waals surface area contributed by atoms with Crippen molar-refractivity contribution in [2.45, 2.75) is 26.8 Å². The highest BCUT2D eigenvalue weighted by molar-refractivity contribution is 7.18. The molecule has 0 fully saturated rings. The van der Waals surface area contributed by atoms with Gasteiger partial charge in [0.2, 0.25) is 5.82 Å². The zero-order valence-electron chi connectivity index (χ0n) is 21.8. The van der Waals surface area contributed by atoms with Gasteiger partial charge in [0.05, 0.1) is 40.3 Å².